The Bertz CT molecular complexity index is 389. The number of carbonyl (C=O) groups is 2. The lowest BCUT2D eigenvalue weighted by Crippen LogP contribution is -2.28. The van der Waals surface area contributed by atoms with E-state index in [4.69, 9.17) is 0 Å². The first-order valence-corrected chi connectivity index (χ1v) is 8.75. The number of rotatable bonds is 9. The van der Waals surface area contributed by atoms with E-state index in [1.807, 2.05) is 0 Å². The van der Waals surface area contributed by atoms with E-state index in [0.29, 0.717) is 0 Å². The molecule has 3 heteroatoms. The molecule has 3 nitrogen and oxygen atoms in total. The summed E-state index contributed by atoms with van der Waals surface area (Å²) in [6, 6.07) is 0. The zero-order valence-corrected chi connectivity index (χ0v) is 13.3. The van der Waals surface area contributed by atoms with Crippen LogP contribution in [0.25, 0.3) is 0 Å². The SMILES string of the molecule is CCCCCCCCCCC1C=CCC2C(=O)NC(=O)C12. The number of nitrogens with one attached hydrogen (secondary N) is 1. The van der Waals surface area contributed by atoms with Crippen molar-refractivity contribution in [2.45, 2.75) is 71.1 Å². The first-order chi connectivity index (χ1) is 10.2. The fraction of sp³-hybridized carbons (Fsp3) is 0.778. The summed E-state index contributed by atoms with van der Waals surface area (Å²) >= 11 is 0. The molecular weight excluding hydrogens is 262 g/mol. The van der Waals surface area contributed by atoms with Gasteiger partial charge in [-0.2, -0.15) is 0 Å². The van der Waals surface area contributed by atoms with Gasteiger partial charge in [-0.3, -0.25) is 14.9 Å². The van der Waals surface area contributed by atoms with E-state index < -0.39 is 0 Å². The van der Waals surface area contributed by atoms with Crippen molar-refractivity contribution in [1.82, 2.24) is 5.32 Å². The van der Waals surface area contributed by atoms with Gasteiger partial charge in [0.05, 0.1) is 11.8 Å². The minimum Gasteiger partial charge on any atom is -0.296 e. The van der Waals surface area contributed by atoms with Crippen LogP contribution in [0.1, 0.15) is 71.1 Å². The average molecular weight is 291 g/mol. The minimum absolute atomic E-state index is 0.0427. The molecule has 0 aromatic rings. The molecule has 0 radical (unpaired) electrons. The zero-order valence-electron chi connectivity index (χ0n) is 13.3. The van der Waals surface area contributed by atoms with E-state index >= 15 is 0 Å². The Morgan fingerprint density at radius 2 is 1.67 bits per heavy atom. The van der Waals surface area contributed by atoms with Crippen molar-refractivity contribution in [3.05, 3.63) is 12.2 Å². The normalized spacial score (nSPS) is 27.8. The third-order valence-electron chi connectivity index (χ3n) is 4.94. The van der Waals surface area contributed by atoms with E-state index in [1.54, 1.807) is 0 Å². The molecular formula is C18H29NO2. The molecule has 2 rings (SSSR count). The number of unbranched alkanes of at least 4 members (excludes halogenated alkanes) is 7. The smallest absolute Gasteiger partial charge is 0.231 e. The molecule has 0 saturated carbocycles. The molecule has 0 aromatic carbocycles. The Balaban J connectivity index is 1.64. The van der Waals surface area contributed by atoms with Gasteiger partial charge in [0.25, 0.3) is 0 Å². The van der Waals surface area contributed by atoms with Crippen molar-refractivity contribution in [2.75, 3.05) is 0 Å². The van der Waals surface area contributed by atoms with Crippen LogP contribution in [0.4, 0.5) is 0 Å². The second-order valence-electron chi connectivity index (χ2n) is 6.58. The number of hydrogen-bond acceptors (Lipinski definition) is 2. The van der Waals surface area contributed by atoms with Crippen molar-refractivity contribution in [2.24, 2.45) is 17.8 Å². The maximum Gasteiger partial charge on any atom is 0.231 e. The summed E-state index contributed by atoms with van der Waals surface area (Å²) in [5.41, 5.74) is 0. The van der Waals surface area contributed by atoms with Crippen molar-refractivity contribution < 1.29 is 9.59 Å². The Kier molecular flexibility index (Phi) is 6.47. The maximum atomic E-state index is 11.9. The molecule has 1 fully saturated rings. The van der Waals surface area contributed by atoms with Gasteiger partial charge < -0.3 is 0 Å². The number of amides is 2. The predicted molar refractivity (Wildman–Crippen MR) is 84.6 cm³/mol. The quantitative estimate of drug-likeness (QED) is 0.397. The molecule has 1 aliphatic carbocycles. The predicted octanol–water partition coefficient (Wildman–Crippen LogP) is 3.98. The molecule has 118 valence electrons. The van der Waals surface area contributed by atoms with Crippen molar-refractivity contribution in [3.8, 4) is 0 Å². The van der Waals surface area contributed by atoms with Crippen molar-refractivity contribution >= 4 is 11.8 Å². The molecule has 21 heavy (non-hydrogen) atoms. The lowest BCUT2D eigenvalue weighted by atomic mass is 9.75. The van der Waals surface area contributed by atoms with Gasteiger partial charge in [-0.05, 0) is 18.8 Å². The highest BCUT2D eigenvalue weighted by Crippen LogP contribution is 2.37. The van der Waals surface area contributed by atoms with Gasteiger partial charge in [0.2, 0.25) is 11.8 Å². The second kappa shape index (κ2) is 8.35. The highest BCUT2D eigenvalue weighted by Gasteiger charge is 2.45. The molecule has 1 saturated heterocycles. The standard InChI is InChI=1S/C18H29NO2/c1-2-3-4-5-6-7-8-9-11-14-12-10-13-15-16(14)18(21)19-17(15)20/h10,12,14-16H,2-9,11,13H2,1H3,(H,19,20,21). The number of carbonyl (C=O) groups excluding carboxylic acids is 2. The van der Waals surface area contributed by atoms with Gasteiger partial charge in [-0.15, -0.1) is 0 Å². The highest BCUT2D eigenvalue weighted by molar-refractivity contribution is 6.05. The van der Waals surface area contributed by atoms with Crippen LogP contribution in [0.2, 0.25) is 0 Å². The van der Waals surface area contributed by atoms with Gasteiger partial charge in [0.15, 0.2) is 0 Å². The van der Waals surface area contributed by atoms with Crippen LogP contribution in [-0.4, -0.2) is 11.8 Å². The van der Waals surface area contributed by atoms with Crippen LogP contribution in [0.15, 0.2) is 12.2 Å². The maximum absolute atomic E-state index is 11.9. The lowest BCUT2D eigenvalue weighted by Gasteiger charge is -2.26. The summed E-state index contributed by atoms with van der Waals surface area (Å²) in [5.74, 6) is -0.0157. The van der Waals surface area contributed by atoms with Crippen molar-refractivity contribution in [3.63, 3.8) is 0 Å². The van der Waals surface area contributed by atoms with E-state index in [2.05, 4.69) is 24.4 Å². The summed E-state index contributed by atoms with van der Waals surface area (Å²) in [4.78, 5) is 23.6. The fourth-order valence-corrected chi connectivity index (χ4v) is 3.70. The lowest BCUT2D eigenvalue weighted by molar-refractivity contribution is -0.126. The van der Waals surface area contributed by atoms with E-state index in [1.165, 1.54) is 51.4 Å². The molecule has 1 heterocycles. The largest absolute Gasteiger partial charge is 0.296 e. The number of allylic oxidation sites excluding steroid dienone is 2. The summed E-state index contributed by atoms with van der Waals surface area (Å²) < 4.78 is 0. The average Bonchev–Trinajstić information content (AvgIpc) is 2.78. The van der Waals surface area contributed by atoms with Crippen LogP contribution in [-0.2, 0) is 9.59 Å². The van der Waals surface area contributed by atoms with E-state index in [9.17, 15) is 9.59 Å². The van der Waals surface area contributed by atoms with Crippen LogP contribution in [0.3, 0.4) is 0 Å². The molecule has 0 spiro atoms. The Hall–Kier alpha value is -1.12. The Morgan fingerprint density at radius 1 is 1.00 bits per heavy atom. The molecule has 0 bridgehead atoms. The summed E-state index contributed by atoms with van der Waals surface area (Å²) in [7, 11) is 0. The molecule has 1 aliphatic heterocycles. The molecule has 2 aliphatic rings. The fourth-order valence-electron chi connectivity index (χ4n) is 3.70. The van der Waals surface area contributed by atoms with Gasteiger partial charge in [0.1, 0.15) is 0 Å². The molecule has 3 unspecified atom stereocenters. The van der Waals surface area contributed by atoms with Gasteiger partial charge in [-0.25, -0.2) is 0 Å². The highest BCUT2D eigenvalue weighted by atomic mass is 16.2. The van der Waals surface area contributed by atoms with Gasteiger partial charge in [-0.1, -0.05) is 70.4 Å². The monoisotopic (exact) mass is 291 g/mol. The molecule has 1 N–H and O–H groups in total. The number of fused-ring (bicyclic) bond motifs is 1. The van der Waals surface area contributed by atoms with Crippen molar-refractivity contribution in [1.29, 1.82) is 0 Å². The summed E-state index contributed by atoms with van der Waals surface area (Å²) in [6.07, 6.45) is 16.5. The summed E-state index contributed by atoms with van der Waals surface area (Å²) in [5, 5.41) is 2.50. The Labute approximate surface area is 128 Å². The van der Waals surface area contributed by atoms with Gasteiger partial charge >= 0.3 is 0 Å². The van der Waals surface area contributed by atoms with Crippen LogP contribution in [0.5, 0.6) is 0 Å². The molecule has 0 aromatic heterocycles. The van der Waals surface area contributed by atoms with Crippen LogP contribution >= 0.6 is 0 Å². The van der Waals surface area contributed by atoms with Crippen LogP contribution < -0.4 is 5.32 Å². The third-order valence-corrected chi connectivity index (χ3v) is 4.94. The number of hydrogen-bond donors (Lipinski definition) is 1. The topological polar surface area (TPSA) is 46.2 Å². The first kappa shape index (κ1) is 16.3. The zero-order chi connectivity index (χ0) is 15.1. The Morgan fingerprint density at radius 3 is 2.38 bits per heavy atom. The molecule has 2 amide bonds. The molecule has 3 atom stereocenters. The van der Waals surface area contributed by atoms with Gasteiger partial charge in [0, 0.05) is 0 Å². The second-order valence-corrected chi connectivity index (χ2v) is 6.58. The summed E-state index contributed by atoms with van der Waals surface area (Å²) in [6.45, 7) is 2.24. The van der Waals surface area contributed by atoms with Crippen LogP contribution in [0, 0.1) is 17.8 Å². The van der Waals surface area contributed by atoms with E-state index in [0.717, 1.165) is 12.8 Å². The van der Waals surface area contributed by atoms with E-state index in [-0.39, 0.29) is 29.6 Å². The minimum atomic E-state index is -0.0958. The number of imide groups is 1. The first-order valence-electron chi connectivity index (χ1n) is 8.75. The third kappa shape index (κ3) is 4.42.